The lowest BCUT2D eigenvalue weighted by molar-refractivity contribution is 0.00578. The summed E-state index contributed by atoms with van der Waals surface area (Å²) >= 11 is 0.870. The first kappa shape index (κ1) is 24.8. The highest BCUT2D eigenvalue weighted by Gasteiger charge is 2.51. The molecule has 0 spiro atoms. The Morgan fingerprint density at radius 1 is 1.11 bits per heavy atom. The number of pyridine rings is 1. The van der Waals surface area contributed by atoms with Gasteiger partial charge in [-0.15, -0.1) is 0 Å². The van der Waals surface area contributed by atoms with Gasteiger partial charge in [0.05, 0.1) is 41.6 Å². The maximum Gasteiger partial charge on any atom is 0.496 e. The molecule has 0 amide bonds. The Morgan fingerprint density at radius 3 is 2.58 bits per heavy atom. The highest BCUT2D eigenvalue weighted by Crippen LogP contribution is 2.36. The second-order valence-electron chi connectivity index (χ2n) is 9.90. The highest BCUT2D eigenvalue weighted by molar-refractivity contribution is 7.90. The number of imidazole rings is 1. The molecule has 188 valence electrons. The summed E-state index contributed by atoms with van der Waals surface area (Å²) in [5.74, 6) is 0.456. The van der Waals surface area contributed by atoms with Crippen molar-refractivity contribution in [2.24, 2.45) is 0 Å². The van der Waals surface area contributed by atoms with Crippen LogP contribution in [0.3, 0.4) is 0 Å². The zero-order valence-electron chi connectivity index (χ0n) is 21.3. The largest absolute Gasteiger partial charge is 0.496 e. The van der Waals surface area contributed by atoms with Crippen LogP contribution in [-0.2, 0) is 20.0 Å². The third-order valence-corrected chi connectivity index (χ3v) is 7.33. The number of benzene rings is 1. The monoisotopic (exact) mass is 508 g/mol. The molecule has 0 N–H and O–H groups in total. The molecule has 0 aliphatic carbocycles. The summed E-state index contributed by atoms with van der Waals surface area (Å²) in [7, 11) is -0.534. The molecule has 1 fully saturated rings. The van der Waals surface area contributed by atoms with Crippen molar-refractivity contribution in [3.8, 4) is 5.88 Å². The van der Waals surface area contributed by atoms with Crippen molar-refractivity contribution in [3.63, 3.8) is 0 Å². The maximum absolute atomic E-state index is 13.2. The van der Waals surface area contributed by atoms with Crippen molar-refractivity contribution >= 4 is 41.5 Å². The van der Waals surface area contributed by atoms with Gasteiger partial charge in [-0.05, 0) is 70.8 Å². The minimum atomic E-state index is -0.534. The van der Waals surface area contributed by atoms with Crippen LogP contribution in [0.25, 0.3) is 16.6 Å². The molecule has 1 aliphatic rings. The van der Waals surface area contributed by atoms with Crippen LogP contribution in [0, 0.1) is 6.92 Å². The quantitative estimate of drug-likeness (QED) is 0.212. The average molecular weight is 508 g/mol. The Labute approximate surface area is 214 Å². The molecule has 0 bridgehead atoms. The molecule has 1 saturated heterocycles. The maximum atomic E-state index is 13.2. The van der Waals surface area contributed by atoms with Gasteiger partial charge >= 0.3 is 7.12 Å². The van der Waals surface area contributed by atoms with Crippen molar-refractivity contribution in [1.82, 2.24) is 18.9 Å². The van der Waals surface area contributed by atoms with E-state index in [1.807, 2.05) is 76.4 Å². The summed E-state index contributed by atoms with van der Waals surface area (Å²) in [4.78, 5) is 22.4. The molecule has 9 nitrogen and oxygen atoms in total. The molecule has 1 aliphatic heterocycles. The predicted octanol–water partition coefficient (Wildman–Crippen LogP) is 3.68. The van der Waals surface area contributed by atoms with Crippen LogP contribution in [0.15, 0.2) is 47.7 Å². The van der Waals surface area contributed by atoms with E-state index in [4.69, 9.17) is 22.7 Å². The molecule has 11 heteroatoms. The molecule has 4 heterocycles. The van der Waals surface area contributed by atoms with Gasteiger partial charge in [0.1, 0.15) is 11.3 Å². The second kappa shape index (κ2) is 9.22. The van der Waals surface area contributed by atoms with Gasteiger partial charge in [0.2, 0.25) is 18.2 Å². The molecular weight excluding hydrogens is 479 g/mol. The lowest BCUT2D eigenvalue weighted by Crippen LogP contribution is -2.41. The SMILES string of the molecule is CCOSOc1c(Cn2cnc3cc(C)ccc3c2=O)nc2ccc(B3OC(C)(C)C(C)(C)O3)cn12. The third-order valence-electron chi connectivity index (χ3n) is 6.77. The molecular formula is C25H29BN4O5S. The third kappa shape index (κ3) is 4.41. The lowest BCUT2D eigenvalue weighted by Gasteiger charge is -2.32. The van der Waals surface area contributed by atoms with Gasteiger partial charge in [-0.3, -0.25) is 17.9 Å². The van der Waals surface area contributed by atoms with E-state index in [2.05, 4.69) is 4.98 Å². The fourth-order valence-corrected chi connectivity index (χ4v) is 4.43. The summed E-state index contributed by atoms with van der Waals surface area (Å²) in [5.41, 5.74) is 2.72. The zero-order chi connectivity index (χ0) is 25.7. The highest BCUT2D eigenvalue weighted by atomic mass is 32.2. The molecule has 4 aromatic rings. The van der Waals surface area contributed by atoms with E-state index < -0.39 is 18.3 Å². The molecule has 0 atom stereocenters. The summed E-state index contributed by atoms with van der Waals surface area (Å²) < 4.78 is 27.1. The molecule has 3 aromatic heterocycles. The molecule has 0 radical (unpaired) electrons. The molecule has 0 unspecified atom stereocenters. The summed E-state index contributed by atoms with van der Waals surface area (Å²) in [6.07, 6.45) is 3.43. The van der Waals surface area contributed by atoms with Gasteiger partial charge in [0.15, 0.2) is 0 Å². The minimum absolute atomic E-state index is 0.140. The van der Waals surface area contributed by atoms with Crippen LogP contribution in [-0.4, -0.2) is 43.9 Å². The van der Waals surface area contributed by atoms with Crippen molar-refractivity contribution in [1.29, 1.82) is 0 Å². The van der Waals surface area contributed by atoms with Crippen LogP contribution in [0.1, 0.15) is 45.9 Å². The van der Waals surface area contributed by atoms with Crippen molar-refractivity contribution in [2.75, 3.05) is 6.61 Å². The van der Waals surface area contributed by atoms with Crippen LogP contribution in [0.2, 0.25) is 0 Å². The summed E-state index contributed by atoms with van der Waals surface area (Å²) in [5, 5.41) is 0.557. The number of fused-ring (bicyclic) bond motifs is 2. The fourth-order valence-electron chi connectivity index (χ4n) is 4.04. The zero-order valence-corrected chi connectivity index (χ0v) is 22.1. The lowest BCUT2D eigenvalue weighted by atomic mass is 9.80. The summed E-state index contributed by atoms with van der Waals surface area (Å²) in [6, 6.07) is 9.42. The Hall–Kier alpha value is -2.86. The second-order valence-corrected chi connectivity index (χ2v) is 10.4. The van der Waals surface area contributed by atoms with Crippen LogP contribution in [0.4, 0.5) is 0 Å². The number of rotatable bonds is 7. The van der Waals surface area contributed by atoms with Crippen molar-refractivity contribution in [3.05, 3.63) is 64.5 Å². The van der Waals surface area contributed by atoms with Gasteiger partial charge in [-0.2, -0.15) is 0 Å². The molecule has 1 aromatic carbocycles. The van der Waals surface area contributed by atoms with Crippen LogP contribution >= 0.6 is 12.3 Å². The Bertz CT molecular complexity index is 1480. The van der Waals surface area contributed by atoms with Gasteiger partial charge < -0.3 is 13.5 Å². The average Bonchev–Trinajstić information content (AvgIpc) is 3.27. The van der Waals surface area contributed by atoms with Crippen molar-refractivity contribution < 1.29 is 17.7 Å². The topological polar surface area (TPSA) is 89.1 Å². The van der Waals surface area contributed by atoms with Gasteiger partial charge in [0.25, 0.3) is 5.56 Å². The van der Waals surface area contributed by atoms with Gasteiger partial charge in [0, 0.05) is 6.20 Å². The van der Waals surface area contributed by atoms with Crippen molar-refractivity contribution in [2.45, 2.75) is 59.3 Å². The van der Waals surface area contributed by atoms with Crippen LogP contribution in [0.5, 0.6) is 5.88 Å². The van der Waals surface area contributed by atoms with E-state index in [0.717, 1.165) is 23.3 Å². The van der Waals surface area contributed by atoms with E-state index in [9.17, 15) is 4.79 Å². The Morgan fingerprint density at radius 2 is 1.86 bits per heavy atom. The predicted molar refractivity (Wildman–Crippen MR) is 141 cm³/mol. The van der Waals surface area contributed by atoms with Gasteiger partial charge in [-0.1, -0.05) is 12.1 Å². The fraction of sp³-hybridized carbons (Fsp3) is 0.400. The number of hydrogen-bond donors (Lipinski definition) is 0. The number of aryl methyl sites for hydroxylation is 1. The summed E-state index contributed by atoms with van der Waals surface area (Å²) in [6.45, 7) is 12.6. The number of nitrogens with zero attached hydrogens (tertiary/aromatic N) is 4. The minimum Gasteiger partial charge on any atom is -0.399 e. The van der Waals surface area contributed by atoms with E-state index in [0.29, 0.717) is 34.7 Å². The molecule has 0 saturated carbocycles. The first-order valence-corrected chi connectivity index (χ1v) is 12.5. The van der Waals surface area contributed by atoms with Gasteiger partial charge in [-0.25, -0.2) is 9.97 Å². The molecule has 36 heavy (non-hydrogen) atoms. The number of aromatic nitrogens is 4. The van der Waals surface area contributed by atoms with E-state index in [1.165, 1.54) is 4.57 Å². The Balaban J connectivity index is 1.54. The van der Waals surface area contributed by atoms with Crippen LogP contribution < -0.4 is 15.2 Å². The standard InChI is InChI=1S/C25H29BN4O5S/c1-7-32-36-33-23-20(14-29-15-27-19-12-16(2)8-10-18(19)22(29)31)28-21-11-9-17(13-30(21)23)26-34-24(3,4)25(5,6)35-26/h8-13,15H,7,14H2,1-6H3. The first-order chi connectivity index (χ1) is 17.1. The van der Waals surface area contributed by atoms with E-state index >= 15 is 0 Å². The smallest absolute Gasteiger partial charge is 0.399 e. The normalized spacial score (nSPS) is 16.8. The van der Waals surface area contributed by atoms with E-state index in [-0.39, 0.29) is 12.1 Å². The van der Waals surface area contributed by atoms with E-state index in [1.54, 1.807) is 12.4 Å². The Kier molecular flexibility index (Phi) is 6.36. The molecule has 5 rings (SSSR count). The number of hydrogen-bond acceptors (Lipinski definition) is 8. The first-order valence-electron chi connectivity index (χ1n) is 11.9.